The number of anilines is 1. The molecule has 1 unspecified atom stereocenters. The predicted octanol–water partition coefficient (Wildman–Crippen LogP) is 2.72. The Hall–Kier alpha value is -1.88. The molecule has 19 heavy (non-hydrogen) atoms. The van der Waals surface area contributed by atoms with E-state index in [0.29, 0.717) is 12.5 Å². The van der Waals surface area contributed by atoms with E-state index >= 15 is 0 Å². The van der Waals surface area contributed by atoms with Crippen LogP contribution in [0.15, 0.2) is 58.3 Å². The monoisotopic (exact) mass is 316 g/mol. The zero-order chi connectivity index (χ0) is 13.2. The van der Waals surface area contributed by atoms with Crippen LogP contribution in [-0.4, -0.2) is 17.5 Å². The lowest BCUT2D eigenvalue weighted by molar-refractivity contribution is 0.764. The van der Waals surface area contributed by atoms with Crippen molar-refractivity contribution in [3.8, 4) is 0 Å². The standard InChI is InChI=1S/C14H13BrN4/c15-11-4-1-5-12(7-11)19-13(9-18-14(19)16)10-3-2-6-17-8-10/h1-8,13H,9H2,(H2,16,18). The van der Waals surface area contributed by atoms with Gasteiger partial charge in [0.25, 0.3) is 0 Å². The summed E-state index contributed by atoms with van der Waals surface area (Å²) in [6.45, 7) is 0.657. The summed E-state index contributed by atoms with van der Waals surface area (Å²) in [4.78, 5) is 10.6. The normalized spacial score (nSPS) is 18.5. The van der Waals surface area contributed by atoms with E-state index in [-0.39, 0.29) is 6.04 Å². The number of rotatable bonds is 2. The van der Waals surface area contributed by atoms with Crippen LogP contribution in [0.3, 0.4) is 0 Å². The Labute approximate surface area is 120 Å². The number of halogens is 1. The highest BCUT2D eigenvalue weighted by atomic mass is 79.9. The smallest absolute Gasteiger partial charge is 0.196 e. The Kier molecular flexibility index (Phi) is 3.21. The highest BCUT2D eigenvalue weighted by Crippen LogP contribution is 2.31. The minimum absolute atomic E-state index is 0.114. The molecule has 0 saturated heterocycles. The molecular formula is C14H13BrN4. The fraction of sp³-hybridized carbons (Fsp3) is 0.143. The number of pyridine rings is 1. The first-order valence-corrected chi connectivity index (χ1v) is 6.79. The molecule has 0 fully saturated rings. The van der Waals surface area contributed by atoms with Crippen LogP contribution in [0.25, 0.3) is 0 Å². The Morgan fingerprint density at radius 2 is 2.16 bits per heavy atom. The molecule has 0 radical (unpaired) electrons. The molecule has 3 rings (SSSR count). The predicted molar refractivity (Wildman–Crippen MR) is 80.1 cm³/mol. The van der Waals surface area contributed by atoms with E-state index < -0.39 is 0 Å². The lowest BCUT2D eigenvalue weighted by atomic mass is 10.1. The minimum Gasteiger partial charge on any atom is -0.369 e. The summed E-state index contributed by atoms with van der Waals surface area (Å²) >= 11 is 3.49. The third-order valence-corrected chi connectivity index (χ3v) is 3.63. The van der Waals surface area contributed by atoms with Crippen molar-refractivity contribution in [3.63, 3.8) is 0 Å². The zero-order valence-corrected chi connectivity index (χ0v) is 11.8. The molecule has 0 bridgehead atoms. The van der Waals surface area contributed by atoms with E-state index in [1.807, 2.05) is 41.4 Å². The average Bonchev–Trinajstić information content (AvgIpc) is 2.82. The first kappa shape index (κ1) is 12.2. The van der Waals surface area contributed by atoms with E-state index in [1.165, 1.54) is 0 Å². The van der Waals surface area contributed by atoms with Gasteiger partial charge in [0, 0.05) is 22.6 Å². The third-order valence-electron chi connectivity index (χ3n) is 3.14. The molecule has 1 aromatic heterocycles. The molecule has 0 aliphatic carbocycles. The van der Waals surface area contributed by atoms with Gasteiger partial charge in [0.05, 0.1) is 12.6 Å². The Morgan fingerprint density at radius 3 is 2.89 bits per heavy atom. The van der Waals surface area contributed by atoms with Crippen molar-refractivity contribution in [2.75, 3.05) is 11.4 Å². The van der Waals surface area contributed by atoms with Crippen LogP contribution in [0.4, 0.5) is 5.69 Å². The second kappa shape index (κ2) is 5.01. The van der Waals surface area contributed by atoms with Crippen LogP contribution in [0.5, 0.6) is 0 Å². The number of nitrogens with two attached hydrogens (primary N) is 1. The number of aromatic nitrogens is 1. The van der Waals surface area contributed by atoms with Gasteiger partial charge in [0.15, 0.2) is 5.96 Å². The number of hydrogen-bond donors (Lipinski definition) is 1. The van der Waals surface area contributed by atoms with Gasteiger partial charge in [-0.05, 0) is 29.8 Å². The number of nitrogens with zero attached hydrogens (tertiary/aromatic N) is 3. The molecule has 4 nitrogen and oxygen atoms in total. The summed E-state index contributed by atoms with van der Waals surface area (Å²) in [6.07, 6.45) is 3.63. The van der Waals surface area contributed by atoms with E-state index in [1.54, 1.807) is 6.20 Å². The highest BCUT2D eigenvalue weighted by molar-refractivity contribution is 9.10. The lowest BCUT2D eigenvalue weighted by Gasteiger charge is -2.26. The van der Waals surface area contributed by atoms with Crippen molar-refractivity contribution in [2.24, 2.45) is 10.7 Å². The molecule has 1 aliphatic rings. The first-order valence-electron chi connectivity index (χ1n) is 6.00. The summed E-state index contributed by atoms with van der Waals surface area (Å²) in [6, 6.07) is 12.2. The molecule has 1 aromatic carbocycles. The third kappa shape index (κ3) is 2.33. The topological polar surface area (TPSA) is 54.5 Å². The molecular weight excluding hydrogens is 304 g/mol. The van der Waals surface area contributed by atoms with Crippen LogP contribution in [0, 0.1) is 0 Å². The number of aliphatic imine (C=N–C) groups is 1. The fourth-order valence-electron chi connectivity index (χ4n) is 2.26. The molecule has 96 valence electrons. The largest absolute Gasteiger partial charge is 0.369 e. The van der Waals surface area contributed by atoms with Gasteiger partial charge in [-0.25, -0.2) is 0 Å². The van der Waals surface area contributed by atoms with Crippen LogP contribution in [0.2, 0.25) is 0 Å². The van der Waals surface area contributed by atoms with Crippen LogP contribution < -0.4 is 10.6 Å². The number of benzene rings is 1. The maximum atomic E-state index is 6.03. The quantitative estimate of drug-likeness (QED) is 0.926. The summed E-state index contributed by atoms with van der Waals surface area (Å²) in [7, 11) is 0. The second-order valence-electron chi connectivity index (χ2n) is 4.35. The molecule has 1 aliphatic heterocycles. The Balaban J connectivity index is 1.99. The average molecular weight is 317 g/mol. The van der Waals surface area contributed by atoms with E-state index in [0.717, 1.165) is 15.7 Å². The van der Waals surface area contributed by atoms with E-state index in [2.05, 4.69) is 32.0 Å². The van der Waals surface area contributed by atoms with Crippen molar-refractivity contribution >= 4 is 27.6 Å². The van der Waals surface area contributed by atoms with Gasteiger partial charge in [-0.2, -0.15) is 0 Å². The molecule has 2 heterocycles. The maximum absolute atomic E-state index is 6.03. The van der Waals surface area contributed by atoms with Crippen molar-refractivity contribution in [2.45, 2.75) is 6.04 Å². The second-order valence-corrected chi connectivity index (χ2v) is 5.27. The molecule has 1 atom stereocenters. The van der Waals surface area contributed by atoms with E-state index in [9.17, 15) is 0 Å². The highest BCUT2D eigenvalue weighted by Gasteiger charge is 2.28. The Morgan fingerprint density at radius 1 is 1.26 bits per heavy atom. The van der Waals surface area contributed by atoms with Gasteiger partial charge < -0.3 is 10.6 Å². The van der Waals surface area contributed by atoms with E-state index in [4.69, 9.17) is 5.73 Å². The van der Waals surface area contributed by atoms with Crippen LogP contribution in [-0.2, 0) is 0 Å². The Bertz CT molecular complexity index is 612. The molecule has 0 saturated carbocycles. The molecule has 5 heteroatoms. The van der Waals surface area contributed by atoms with Crippen molar-refractivity contribution < 1.29 is 0 Å². The van der Waals surface area contributed by atoms with Gasteiger partial charge in [0.1, 0.15) is 0 Å². The maximum Gasteiger partial charge on any atom is 0.196 e. The molecule has 2 N–H and O–H groups in total. The fourth-order valence-corrected chi connectivity index (χ4v) is 2.65. The zero-order valence-electron chi connectivity index (χ0n) is 10.2. The lowest BCUT2D eigenvalue weighted by Crippen LogP contribution is -2.36. The van der Waals surface area contributed by atoms with Gasteiger partial charge in [-0.3, -0.25) is 9.98 Å². The molecule has 0 amide bonds. The molecule has 2 aromatic rings. The minimum atomic E-state index is 0.114. The van der Waals surface area contributed by atoms with Crippen LogP contribution >= 0.6 is 15.9 Å². The van der Waals surface area contributed by atoms with Gasteiger partial charge in [0.2, 0.25) is 0 Å². The van der Waals surface area contributed by atoms with Crippen LogP contribution in [0.1, 0.15) is 11.6 Å². The van der Waals surface area contributed by atoms with Gasteiger partial charge in [-0.1, -0.05) is 28.1 Å². The van der Waals surface area contributed by atoms with Gasteiger partial charge >= 0.3 is 0 Å². The SMILES string of the molecule is NC1=NCC(c2cccnc2)N1c1cccc(Br)c1. The molecule has 0 spiro atoms. The van der Waals surface area contributed by atoms with Crippen molar-refractivity contribution in [1.29, 1.82) is 0 Å². The number of hydrogen-bond acceptors (Lipinski definition) is 4. The first-order chi connectivity index (χ1) is 9.25. The van der Waals surface area contributed by atoms with Gasteiger partial charge in [-0.15, -0.1) is 0 Å². The summed E-state index contributed by atoms with van der Waals surface area (Å²) in [5, 5.41) is 0. The van der Waals surface area contributed by atoms with Crippen molar-refractivity contribution in [1.82, 2.24) is 4.98 Å². The number of guanidine groups is 1. The summed E-state index contributed by atoms with van der Waals surface area (Å²) in [5.41, 5.74) is 8.18. The van der Waals surface area contributed by atoms with Crippen molar-refractivity contribution in [3.05, 3.63) is 58.8 Å². The summed E-state index contributed by atoms with van der Waals surface area (Å²) in [5.74, 6) is 0.548. The summed E-state index contributed by atoms with van der Waals surface area (Å²) < 4.78 is 1.02.